The number of thioether (sulfide) groups is 1. The summed E-state index contributed by atoms with van der Waals surface area (Å²) in [6, 6.07) is 4.35. The van der Waals surface area contributed by atoms with Crippen LogP contribution in [0.2, 0.25) is 0 Å². The van der Waals surface area contributed by atoms with Crippen LogP contribution in [0.1, 0.15) is 24.6 Å². The Hall–Kier alpha value is -0.940. The molecule has 0 spiro atoms. The summed E-state index contributed by atoms with van der Waals surface area (Å²) in [7, 11) is 0. The summed E-state index contributed by atoms with van der Waals surface area (Å²) in [6.07, 6.45) is 4.12. The van der Waals surface area contributed by atoms with Gasteiger partial charge in [-0.15, -0.1) is 0 Å². The van der Waals surface area contributed by atoms with E-state index in [1.165, 1.54) is 5.69 Å². The number of H-pyrrole nitrogens is 1. The predicted octanol–water partition coefficient (Wildman–Crippen LogP) is 1.38. The molecule has 1 amide bonds. The van der Waals surface area contributed by atoms with Gasteiger partial charge in [-0.2, -0.15) is 11.8 Å². The first-order valence-electron chi connectivity index (χ1n) is 6.61. The molecule has 2 fully saturated rings. The number of hydrogen-bond acceptors (Lipinski definition) is 3. The molecule has 0 aliphatic carbocycles. The van der Waals surface area contributed by atoms with Crippen molar-refractivity contribution in [2.45, 2.75) is 24.9 Å². The van der Waals surface area contributed by atoms with Gasteiger partial charge in [-0.25, -0.2) is 0 Å². The highest BCUT2D eigenvalue weighted by atomic mass is 32.2. The van der Waals surface area contributed by atoms with Crippen molar-refractivity contribution < 1.29 is 4.79 Å². The third-order valence-corrected chi connectivity index (χ3v) is 4.80. The Labute approximate surface area is 112 Å². The summed E-state index contributed by atoms with van der Waals surface area (Å²) in [4.78, 5) is 17.8. The maximum Gasteiger partial charge on any atom is 0.241 e. The minimum atomic E-state index is 0.0133. The standard InChI is InChI=1S/C13H19N3OS/c17-13(11-9-18-8-6-15-11)16-7-2-4-12(16)10-3-1-5-14-10/h1,3,5,11-12,14-15H,2,4,6-9H2. The molecule has 4 nitrogen and oxygen atoms in total. The number of aromatic nitrogens is 1. The van der Waals surface area contributed by atoms with Crippen molar-refractivity contribution in [3.63, 3.8) is 0 Å². The third-order valence-electron chi connectivity index (χ3n) is 3.74. The highest BCUT2D eigenvalue weighted by molar-refractivity contribution is 7.99. The van der Waals surface area contributed by atoms with Gasteiger partial charge in [0.1, 0.15) is 0 Å². The molecule has 0 aromatic carbocycles. The molecule has 3 rings (SSSR count). The fourth-order valence-corrected chi connectivity index (χ4v) is 3.75. The van der Waals surface area contributed by atoms with Gasteiger partial charge in [0.15, 0.2) is 0 Å². The second-order valence-electron chi connectivity index (χ2n) is 4.90. The molecule has 1 aromatic heterocycles. The van der Waals surface area contributed by atoms with Crippen LogP contribution in [0.15, 0.2) is 18.3 Å². The van der Waals surface area contributed by atoms with Crippen molar-refractivity contribution in [2.24, 2.45) is 0 Å². The zero-order chi connectivity index (χ0) is 12.4. The SMILES string of the molecule is O=C(C1CSCCN1)N1CCCC1c1ccc[nH]1. The van der Waals surface area contributed by atoms with E-state index in [0.29, 0.717) is 0 Å². The van der Waals surface area contributed by atoms with Gasteiger partial charge in [0.2, 0.25) is 5.91 Å². The van der Waals surface area contributed by atoms with Crippen LogP contribution in [0.5, 0.6) is 0 Å². The lowest BCUT2D eigenvalue weighted by molar-refractivity contribution is -0.133. The normalized spacial score (nSPS) is 28.6. The molecule has 2 aliphatic rings. The molecule has 18 heavy (non-hydrogen) atoms. The van der Waals surface area contributed by atoms with E-state index in [1.54, 1.807) is 0 Å². The molecule has 1 aromatic rings. The number of carbonyl (C=O) groups excluding carboxylic acids is 1. The summed E-state index contributed by atoms with van der Waals surface area (Å²) < 4.78 is 0. The van der Waals surface area contributed by atoms with Gasteiger partial charge in [0, 0.05) is 36.5 Å². The molecule has 2 N–H and O–H groups in total. The van der Waals surface area contributed by atoms with E-state index in [4.69, 9.17) is 0 Å². The van der Waals surface area contributed by atoms with Gasteiger partial charge in [-0.1, -0.05) is 0 Å². The molecule has 2 saturated heterocycles. The number of rotatable bonds is 2. The van der Waals surface area contributed by atoms with Gasteiger partial charge in [-0.05, 0) is 25.0 Å². The first-order valence-corrected chi connectivity index (χ1v) is 7.76. The van der Waals surface area contributed by atoms with E-state index in [-0.39, 0.29) is 18.0 Å². The van der Waals surface area contributed by atoms with E-state index < -0.39 is 0 Å². The molecule has 2 atom stereocenters. The molecule has 0 saturated carbocycles. The minimum Gasteiger partial charge on any atom is -0.363 e. The van der Waals surface area contributed by atoms with Crippen molar-refractivity contribution >= 4 is 17.7 Å². The maximum absolute atomic E-state index is 12.5. The molecule has 5 heteroatoms. The lowest BCUT2D eigenvalue weighted by atomic mass is 10.1. The van der Waals surface area contributed by atoms with Crippen LogP contribution in [-0.2, 0) is 4.79 Å². The largest absolute Gasteiger partial charge is 0.363 e. The Bertz CT molecular complexity index is 400. The first-order chi connectivity index (χ1) is 8.86. The van der Waals surface area contributed by atoms with E-state index in [0.717, 1.165) is 37.4 Å². The Morgan fingerprint density at radius 3 is 3.17 bits per heavy atom. The van der Waals surface area contributed by atoms with Crippen LogP contribution < -0.4 is 5.32 Å². The Morgan fingerprint density at radius 2 is 2.44 bits per heavy atom. The lowest BCUT2D eigenvalue weighted by Crippen LogP contribution is -2.50. The van der Waals surface area contributed by atoms with E-state index in [9.17, 15) is 4.79 Å². The Morgan fingerprint density at radius 1 is 1.50 bits per heavy atom. The quantitative estimate of drug-likeness (QED) is 0.849. The van der Waals surface area contributed by atoms with Gasteiger partial charge in [0.25, 0.3) is 0 Å². The number of nitrogens with zero attached hydrogens (tertiary/aromatic N) is 1. The molecule has 0 radical (unpaired) electrons. The monoisotopic (exact) mass is 265 g/mol. The Balaban J connectivity index is 1.72. The molecule has 0 bridgehead atoms. The lowest BCUT2D eigenvalue weighted by Gasteiger charge is -2.30. The smallest absolute Gasteiger partial charge is 0.241 e. The van der Waals surface area contributed by atoms with Crippen LogP contribution in [0.25, 0.3) is 0 Å². The molecule has 3 heterocycles. The summed E-state index contributed by atoms with van der Waals surface area (Å²) in [5.41, 5.74) is 1.17. The average Bonchev–Trinajstić information content (AvgIpc) is 3.09. The van der Waals surface area contributed by atoms with Crippen LogP contribution in [0, 0.1) is 0 Å². The third kappa shape index (κ3) is 2.29. The summed E-state index contributed by atoms with van der Waals surface area (Å²) in [5, 5.41) is 3.34. The maximum atomic E-state index is 12.5. The van der Waals surface area contributed by atoms with Crippen LogP contribution >= 0.6 is 11.8 Å². The fourth-order valence-electron chi connectivity index (χ4n) is 2.83. The number of nitrogens with one attached hydrogen (secondary N) is 2. The van der Waals surface area contributed by atoms with Gasteiger partial charge in [-0.3, -0.25) is 4.79 Å². The van der Waals surface area contributed by atoms with E-state index in [1.807, 2.05) is 24.0 Å². The molecule has 2 aliphatic heterocycles. The minimum absolute atomic E-state index is 0.0133. The highest BCUT2D eigenvalue weighted by Gasteiger charge is 2.34. The zero-order valence-electron chi connectivity index (χ0n) is 10.4. The molecular weight excluding hydrogens is 246 g/mol. The molecular formula is C13H19N3OS. The van der Waals surface area contributed by atoms with Crippen LogP contribution in [0.3, 0.4) is 0 Å². The van der Waals surface area contributed by atoms with E-state index >= 15 is 0 Å². The zero-order valence-corrected chi connectivity index (χ0v) is 11.2. The van der Waals surface area contributed by atoms with Gasteiger partial charge in [0.05, 0.1) is 12.1 Å². The predicted molar refractivity (Wildman–Crippen MR) is 73.6 cm³/mol. The highest BCUT2D eigenvalue weighted by Crippen LogP contribution is 2.31. The van der Waals surface area contributed by atoms with Crippen LogP contribution in [-0.4, -0.2) is 46.4 Å². The van der Waals surface area contributed by atoms with E-state index in [2.05, 4.69) is 21.3 Å². The first kappa shape index (κ1) is 12.1. The van der Waals surface area contributed by atoms with Gasteiger partial charge >= 0.3 is 0 Å². The average molecular weight is 265 g/mol. The number of carbonyl (C=O) groups is 1. The summed E-state index contributed by atoms with van der Waals surface area (Å²) in [6.45, 7) is 1.84. The van der Waals surface area contributed by atoms with Crippen molar-refractivity contribution in [1.82, 2.24) is 15.2 Å². The van der Waals surface area contributed by atoms with Crippen molar-refractivity contribution in [1.29, 1.82) is 0 Å². The molecule has 2 unspecified atom stereocenters. The van der Waals surface area contributed by atoms with Gasteiger partial charge < -0.3 is 15.2 Å². The van der Waals surface area contributed by atoms with Crippen molar-refractivity contribution in [2.75, 3.05) is 24.6 Å². The number of amides is 1. The number of aromatic amines is 1. The topological polar surface area (TPSA) is 48.1 Å². The Kier molecular flexibility index (Phi) is 3.61. The summed E-state index contributed by atoms with van der Waals surface area (Å²) >= 11 is 1.87. The second-order valence-corrected chi connectivity index (χ2v) is 6.05. The van der Waals surface area contributed by atoms with Crippen molar-refractivity contribution in [3.05, 3.63) is 24.0 Å². The van der Waals surface area contributed by atoms with Crippen LogP contribution in [0.4, 0.5) is 0 Å². The number of hydrogen-bond donors (Lipinski definition) is 2. The number of likely N-dealkylation sites (tertiary alicyclic amines) is 1. The summed E-state index contributed by atoms with van der Waals surface area (Å²) in [5.74, 6) is 2.30. The molecule has 98 valence electrons. The fraction of sp³-hybridized carbons (Fsp3) is 0.615. The van der Waals surface area contributed by atoms with Crippen molar-refractivity contribution in [3.8, 4) is 0 Å². The second kappa shape index (κ2) is 5.36.